The highest BCUT2D eigenvalue weighted by molar-refractivity contribution is 6.30. The molecular weight excluding hydrogens is 464 g/mol. The van der Waals surface area contributed by atoms with Crippen LogP contribution in [0.25, 0.3) is 5.69 Å². The quantitative estimate of drug-likeness (QED) is 0.501. The first-order valence-electron chi connectivity index (χ1n) is 11.5. The van der Waals surface area contributed by atoms with Crippen molar-refractivity contribution in [3.63, 3.8) is 0 Å². The molecule has 8 heteroatoms. The number of nitriles is 1. The number of halogens is 1. The van der Waals surface area contributed by atoms with Gasteiger partial charge < -0.3 is 5.32 Å². The van der Waals surface area contributed by atoms with Crippen LogP contribution in [0.5, 0.6) is 0 Å². The van der Waals surface area contributed by atoms with Gasteiger partial charge in [0.25, 0.3) is 0 Å². The topological polar surface area (TPSA) is 105 Å². The van der Waals surface area contributed by atoms with Gasteiger partial charge in [-0.25, -0.2) is 4.68 Å². The minimum Gasteiger partial charge on any atom is -0.352 e. The lowest BCUT2D eigenvalue weighted by molar-refractivity contribution is -0.128. The van der Waals surface area contributed by atoms with Crippen molar-refractivity contribution in [1.82, 2.24) is 15.1 Å². The number of carbonyl (C=O) groups is 3. The molecule has 1 aliphatic carbocycles. The SMILES string of the molecule is CCc1cc(-n2cc(Cl)cn2)cc(C)c1C1C(=O)CC(CC(=O)NCc2ccc(C#N)cc2)C1=O. The van der Waals surface area contributed by atoms with E-state index in [1.54, 1.807) is 41.3 Å². The Kier molecular flexibility index (Phi) is 7.13. The predicted molar refractivity (Wildman–Crippen MR) is 131 cm³/mol. The smallest absolute Gasteiger partial charge is 0.221 e. The summed E-state index contributed by atoms with van der Waals surface area (Å²) in [4.78, 5) is 38.8. The van der Waals surface area contributed by atoms with Crippen molar-refractivity contribution < 1.29 is 14.4 Å². The fourth-order valence-corrected chi connectivity index (χ4v) is 4.79. The summed E-state index contributed by atoms with van der Waals surface area (Å²) in [5.74, 6) is -2.11. The molecule has 0 radical (unpaired) electrons. The van der Waals surface area contributed by atoms with Crippen molar-refractivity contribution in [1.29, 1.82) is 5.26 Å². The Labute approximate surface area is 208 Å². The van der Waals surface area contributed by atoms with Gasteiger partial charge in [0.1, 0.15) is 11.7 Å². The van der Waals surface area contributed by atoms with Crippen LogP contribution < -0.4 is 5.32 Å². The van der Waals surface area contributed by atoms with Crippen LogP contribution in [-0.2, 0) is 27.3 Å². The number of rotatable bonds is 7. The van der Waals surface area contributed by atoms with Crippen LogP contribution in [0.1, 0.15) is 53.5 Å². The van der Waals surface area contributed by atoms with Gasteiger partial charge in [-0.05, 0) is 59.9 Å². The molecule has 1 saturated carbocycles. The number of aromatic nitrogens is 2. The van der Waals surface area contributed by atoms with Crippen LogP contribution in [0.15, 0.2) is 48.8 Å². The summed E-state index contributed by atoms with van der Waals surface area (Å²) in [6.45, 7) is 4.16. The molecule has 4 rings (SSSR count). The van der Waals surface area contributed by atoms with Crippen LogP contribution in [0.2, 0.25) is 5.02 Å². The Balaban J connectivity index is 1.48. The zero-order valence-corrected chi connectivity index (χ0v) is 20.3. The van der Waals surface area contributed by atoms with Gasteiger partial charge in [0.2, 0.25) is 5.91 Å². The maximum Gasteiger partial charge on any atom is 0.221 e. The van der Waals surface area contributed by atoms with E-state index in [9.17, 15) is 14.4 Å². The number of hydrogen-bond donors (Lipinski definition) is 1. The van der Waals surface area contributed by atoms with E-state index in [1.165, 1.54) is 0 Å². The Morgan fingerprint density at radius 3 is 2.63 bits per heavy atom. The highest BCUT2D eigenvalue weighted by Gasteiger charge is 2.44. The summed E-state index contributed by atoms with van der Waals surface area (Å²) in [5, 5.41) is 16.5. The highest BCUT2D eigenvalue weighted by atomic mass is 35.5. The number of aryl methyl sites for hydroxylation is 2. The number of carbonyl (C=O) groups excluding carboxylic acids is 3. The van der Waals surface area contributed by atoms with Crippen LogP contribution >= 0.6 is 11.6 Å². The van der Waals surface area contributed by atoms with E-state index in [2.05, 4.69) is 16.5 Å². The first-order chi connectivity index (χ1) is 16.8. The van der Waals surface area contributed by atoms with Gasteiger partial charge in [0, 0.05) is 31.5 Å². The van der Waals surface area contributed by atoms with E-state index in [-0.39, 0.29) is 30.3 Å². The third-order valence-electron chi connectivity index (χ3n) is 6.40. The maximum atomic E-state index is 13.3. The standard InChI is InChI=1S/C27H25ClN4O3/c1-3-19-9-22(32-15-21(28)14-31-32)8-16(2)25(19)26-23(33)10-20(27(26)35)11-24(34)30-13-18-6-4-17(12-29)5-7-18/h4-9,14-15,20,26H,3,10-11,13H2,1-2H3,(H,30,34). The number of benzene rings is 2. The lowest BCUT2D eigenvalue weighted by Gasteiger charge is -2.18. The molecule has 1 N–H and O–H groups in total. The number of hydrogen-bond acceptors (Lipinski definition) is 5. The number of amides is 1. The monoisotopic (exact) mass is 488 g/mol. The lowest BCUT2D eigenvalue weighted by atomic mass is 9.85. The molecule has 1 fully saturated rings. The fraction of sp³-hybridized carbons (Fsp3) is 0.296. The van der Waals surface area contributed by atoms with Crippen molar-refractivity contribution in [3.05, 3.63) is 81.6 Å². The molecule has 0 aliphatic heterocycles. The minimum atomic E-state index is -0.850. The molecule has 7 nitrogen and oxygen atoms in total. The number of Topliss-reactive ketones (excluding diaryl/α,β-unsaturated/α-hetero) is 2. The van der Waals surface area contributed by atoms with Gasteiger partial charge in [-0.3, -0.25) is 14.4 Å². The Morgan fingerprint density at radius 2 is 2.00 bits per heavy atom. The molecule has 2 atom stereocenters. The largest absolute Gasteiger partial charge is 0.352 e. The lowest BCUT2D eigenvalue weighted by Crippen LogP contribution is -2.27. The minimum absolute atomic E-state index is 0.0261. The van der Waals surface area contributed by atoms with E-state index in [4.69, 9.17) is 16.9 Å². The summed E-state index contributed by atoms with van der Waals surface area (Å²) in [7, 11) is 0. The Bertz CT molecular complexity index is 1340. The van der Waals surface area contributed by atoms with E-state index >= 15 is 0 Å². The number of nitrogens with one attached hydrogen (secondary N) is 1. The van der Waals surface area contributed by atoms with Crippen LogP contribution in [0.3, 0.4) is 0 Å². The van der Waals surface area contributed by atoms with E-state index in [1.807, 2.05) is 26.0 Å². The number of ketones is 2. The van der Waals surface area contributed by atoms with Gasteiger partial charge in [0.15, 0.2) is 5.78 Å². The molecule has 0 spiro atoms. The van der Waals surface area contributed by atoms with Gasteiger partial charge in [0.05, 0.1) is 28.5 Å². The molecule has 2 aromatic carbocycles. The average Bonchev–Trinajstić information content (AvgIpc) is 3.40. The summed E-state index contributed by atoms with van der Waals surface area (Å²) < 4.78 is 1.66. The summed E-state index contributed by atoms with van der Waals surface area (Å²) in [6, 6.07) is 12.8. The van der Waals surface area contributed by atoms with Gasteiger partial charge in [-0.15, -0.1) is 0 Å². The number of nitrogens with zero attached hydrogens (tertiary/aromatic N) is 3. The average molecular weight is 489 g/mol. The second-order valence-electron chi connectivity index (χ2n) is 8.78. The molecule has 0 saturated heterocycles. The fourth-order valence-electron chi connectivity index (χ4n) is 4.66. The molecule has 1 amide bonds. The van der Waals surface area contributed by atoms with E-state index in [0.717, 1.165) is 27.9 Å². The molecule has 0 bridgehead atoms. The summed E-state index contributed by atoms with van der Waals surface area (Å²) >= 11 is 6.01. The normalized spacial score (nSPS) is 17.4. The van der Waals surface area contributed by atoms with Gasteiger partial charge in [-0.1, -0.05) is 30.7 Å². The predicted octanol–water partition coefficient (Wildman–Crippen LogP) is 4.22. The van der Waals surface area contributed by atoms with Crippen LogP contribution in [-0.4, -0.2) is 27.3 Å². The highest BCUT2D eigenvalue weighted by Crippen LogP contribution is 2.38. The van der Waals surface area contributed by atoms with Gasteiger partial charge >= 0.3 is 0 Å². The third kappa shape index (κ3) is 5.18. The molecule has 1 aromatic heterocycles. The van der Waals surface area contributed by atoms with Gasteiger partial charge in [-0.2, -0.15) is 10.4 Å². The van der Waals surface area contributed by atoms with E-state index < -0.39 is 11.8 Å². The van der Waals surface area contributed by atoms with Crippen LogP contribution in [0, 0.1) is 24.2 Å². The molecule has 1 aliphatic rings. The molecule has 2 unspecified atom stereocenters. The molecule has 178 valence electrons. The molecule has 3 aromatic rings. The summed E-state index contributed by atoms with van der Waals surface area (Å²) in [5.41, 5.74) is 4.69. The van der Waals surface area contributed by atoms with Crippen LogP contribution in [0.4, 0.5) is 0 Å². The second-order valence-corrected chi connectivity index (χ2v) is 9.22. The maximum absolute atomic E-state index is 13.3. The molecule has 35 heavy (non-hydrogen) atoms. The summed E-state index contributed by atoms with van der Waals surface area (Å²) in [6.07, 6.45) is 3.94. The second kappa shape index (κ2) is 10.2. The first-order valence-corrected chi connectivity index (χ1v) is 11.8. The zero-order valence-electron chi connectivity index (χ0n) is 19.5. The van der Waals surface area contributed by atoms with Crippen molar-refractivity contribution in [3.8, 4) is 11.8 Å². The first kappa shape index (κ1) is 24.4. The van der Waals surface area contributed by atoms with Crippen molar-refractivity contribution in [2.45, 2.75) is 45.6 Å². The van der Waals surface area contributed by atoms with E-state index in [0.29, 0.717) is 23.6 Å². The Morgan fingerprint density at radius 1 is 1.26 bits per heavy atom. The third-order valence-corrected chi connectivity index (χ3v) is 6.60. The van der Waals surface area contributed by atoms with Crippen molar-refractivity contribution >= 4 is 29.1 Å². The van der Waals surface area contributed by atoms with Crippen molar-refractivity contribution in [2.75, 3.05) is 0 Å². The Hall–Kier alpha value is -3.76. The molecular formula is C27H25ClN4O3. The molecule has 1 heterocycles. The zero-order chi connectivity index (χ0) is 25.1. The van der Waals surface area contributed by atoms with Crippen molar-refractivity contribution in [2.24, 2.45) is 5.92 Å².